The predicted octanol–water partition coefficient (Wildman–Crippen LogP) is 12.6. The van der Waals surface area contributed by atoms with Gasteiger partial charge in [0.25, 0.3) is 0 Å². The first-order valence-corrected chi connectivity index (χ1v) is 17.5. The molecule has 50 heavy (non-hydrogen) atoms. The van der Waals surface area contributed by atoms with Gasteiger partial charge in [-0.1, -0.05) is 115 Å². The summed E-state index contributed by atoms with van der Waals surface area (Å²) >= 11 is 1.86. The summed E-state index contributed by atoms with van der Waals surface area (Å²) in [4.78, 5) is 15.5. The molecule has 11 rings (SSSR count). The van der Waals surface area contributed by atoms with E-state index in [9.17, 15) is 0 Å². The molecule has 0 N–H and O–H groups in total. The minimum absolute atomic E-state index is 0.647. The third kappa shape index (κ3) is 4.01. The van der Waals surface area contributed by atoms with Crippen LogP contribution < -0.4 is 0 Å². The van der Waals surface area contributed by atoms with E-state index in [0.29, 0.717) is 11.4 Å². The molecule has 4 aromatic heterocycles. The summed E-state index contributed by atoms with van der Waals surface area (Å²) in [7, 11) is 0. The molecule has 0 aliphatic carbocycles. The number of para-hydroxylation sites is 1. The summed E-state index contributed by atoms with van der Waals surface area (Å²) in [5.41, 5.74) is 9.01. The van der Waals surface area contributed by atoms with E-state index in [0.717, 1.165) is 55.8 Å². The van der Waals surface area contributed by atoms with Crippen molar-refractivity contribution in [3.8, 4) is 45.2 Å². The maximum Gasteiger partial charge on any atom is 0.180 e. The lowest BCUT2D eigenvalue weighted by atomic mass is 9.93. The van der Waals surface area contributed by atoms with Gasteiger partial charge in [0, 0.05) is 47.8 Å². The van der Waals surface area contributed by atoms with Crippen LogP contribution in [0, 0.1) is 0 Å². The van der Waals surface area contributed by atoms with Crippen molar-refractivity contribution in [1.82, 2.24) is 15.0 Å². The number of hydrogen-bond donors (Lipinski definition) is 0. The second-order valence-electron chi connectivity index (χ2n) is 12.7. The van der Waals surface area contributed by atoms with Crippen LogP contribution in [0.3, 0.4) is 0 Å². The first kappa shape index (κ1) is 27.5. The van der Waals surface area contributed by atoms with Crippen LogP contribution in [0.5, 0.6) is 0 Å². The number of furan rings is 1. The average molecular weight is 656 g/mol. The van der Waals surface area contributed by atoms with Crippen molar-refractivity contribution in [2.45, 2.75) is 0 Å². The van der Waals surface area contributed by atoms with Gasteiger partial charge < -0.3 is 4.42 Å². The second kappa shape index (κ2) is 10.5. The fraction of sp³-hybridized carbons (Fsp3) is 0. The van der Waals surface area contributed by atoms with Gasteiger partial charge in [0.15, 0.2) is 11.4 Å². The molecule has 232 valence electrons. The third-order valence-corrected chi connectivity index (χ3v) is 11.1. The van der Waals surface area contributed by atoms with Crippen LogP contribution in [-0.4, -0.2) is 15.0 Å². The molecule has 0 atom stereocenters. The van der Waals surface area contributed by atoms with Crippen molar-refractivity contribution in [2.24, 2.45) is 0 Å². The summed E-state index contributed by atoms with van der Waals surface area (Å²) in [5, 5.41) is 8.86. The molecule has 0 radical (unpaired) electrons. The van der Waals surface area contributed by atoms with Gasteiger partial charge in [-0.05, 0) is 57.9 Å². The molecule has 11 aromatic rings. The molecule has 4 heterocycles. The Morgan fingerprint density at radius 3 is 2.02 bits per heavy atom. The van der Waals surface area contributed by atoms with E-state index < -0.39 is 0 Å². The molecule has 0 bridgehead atoms. The zero-order chi connectivity index (χ0) is 32.8. The monoisotopic (exact) mass is 655 g/mol. The summed E-state index contributed by atoms with van der Waals surface area (Å²) < 4.78 is 8.91. The highest BCUT2D eigenvalue weighted by atomic mass is 32.1. The van der Waals surface area contributed by atoms with Gasteiger partial charge in [-0.3, -0.25) is 0 Å². The molecule has 0 fully saturated rings. The summed E-state index contributed by atoms with van der Waals surface area (Å²) in [6.07, 6.45) is 0. The number of nitrogens with zero attached hydrogens (tertiary/aromatic N) is 3. The third-order valence-electron chi connectivity index (χ3n) is 9.86. The second-order valence-corrected chi connectivity index (χ2v) is 13.8. The van der Waals surface area contributed by atoms with E-state index in [1.807, 2.05) is 47.7 Å². The number of aromatic nitrogens is 3. The molecule has 7 aromatic carbocycles. The van der Waals surface area contributed by atoms with E-state index in [2.05, 4.69) is 115 Å². The zero-order valence-electron chi connectivity index (χ0n) is 26.6. The van der Waals surface area contributed by atoms with Crippen LogP contribution >= 0.6 is 11.3 Å². The van der Waals surface area contributed by atoms with Crippen LogP contribution in [0.2, 0.25) is 0 Å². The topological polar surface area (TPSA) is 51.8 Å². The van der Waals surface area contributed by atoms with Crippen LogP contribution in [-0.2, 0) is 0 Å². The summed E-state index contributed by atoms with van der Waals surface area (Å²) in [5.74, 6) is 0.647. The van der Waals surface area contributed by atoms with Crippen LogP contribution in [0.15, 0.2) is 156 Å². The highest BCUT2D eigenvalue weighted by Crippen LogP contribution is 2.48. The molecule has 5 heteroatoms. The molecule has 0 aliphatic rings. The molecule has 0 amide bonds. The molecule has 0 saturated heterocycles. The molecular formula is C45H25N3OS. The lowest BCUT2D eigenvalue weighted by Gasteiger charge is -2.11. The summed E-state index contributed by atoms with van der Waals surface area (Å²) in [6.45, 7) is 0. The van der Waals surface area contributed by atoms with Crippen molar-refractivity contribution in [3.63, 3.8) is 0 Å². The van der Waals surface area contributed by atoms with Gasteiger partial charge in [0.1, 0.15) is 16.8 Å². The van der Waals surface area contributed by atoms with Crippen LogP contribution in [0.25, 0.3) is 109 Å². The van der Waals surface area contributed by atoms with E-state index in [1.165, 1.54) is 41.7 Å². The van der Waals surface area contributed by atoms with E-state index >= 15 is 0 Å². The van der Waals surface area contributed by atoms with Crippen molar-refractivity contribution < 1.29 is 4.42 Å². The van der Waals surface area contributed by atoms with Crippen LogP contribution in [0.4, 0.5) is 0 Å². The quantitative estimate of drug-likeness (QED) is 0.177. The number of pyridine rings is 1. The maximum absolute atomic E-state index is 6.33. The number of rotatable bonds is 4. The Labute approximate surface area is 290 Å². The summed E-state index contributed by atoms with van der Waals surface area (Å²) in [6, 6.07) is 52.9. The Morgan fingerprint density at radius 2 is 1.14 bits per heavy atom. The van der Waals surface area contributed by atoms with E-state index in [4.69, 9.17) is 19.4 Å². The van der Waals surface area contributed by atoms with Crippen molar-refractivity contribution >= 4 is 75.1 Å². The Balaban J connectivity index is 1.06. The number of hydrogen-bond acceptors (Lipinski definition) is 5. The largest absolute Gasteiger partial charge is 0.452 e. The maximum atomic E-state index is 6.33. The molecule has 0 unspecified atom stereocenters. The van der Waals surface area contributed by atoms with Crippen molar-refractivity contribution in [3.05, 3.63) is 152 Å². The van der Waals surface area contributed by atoms with E-state index in [1.54, 1.807) is 0 Å². The van der Waals surface area contributed by atoms with Gasteiger partial charge in [0.05, 0.1) is 11.4 Å². The smallest absolute Gasteiger partial charge is 0.180 e. The standard InChI is InChI=1S/C45H25N3OS/c1-2-11-26(12-3-1)41-43-42(34-17-6-7-21-37(34)49-43)48-45(47-41)28-14-8-13-27(25-28)35-19-10-20-36(46-35)33-24-23-32-30-16-5-4-15-29(30)31-18-9-22-38-39(31)40(32)44(33)50-38/h1-25H. The lowest BCUT2D eigenvalue weighted by Crippen LogP contribution is -1.94. The molecular weight excluding hydrogens is 631 g/mol. The molecule has 0 spiro atoms. The SMILES string of the molecule is c1ccc(-c2nc(-c3cccc(-c4cccc(-c5ccc6c7ccccc7c7cccc8sc5c6c87)n4)c3)nc3c2oc2ccccc23)cc1. The number of fused-ring (bicyclic) bond motifs is 6. The Bertz CT molecular complexity index is 3100. The lowest BCUT2D eigenvalue weighted by molar-refractivity contribution is 0.667. The fourth-order valence-electron chi connectivity index (χ4n) is 7.60. The highest BCUT2D eigenvalue weighted by molar-refractivity contribution is 7.26. The van der Waals surface area contributed by atoms with Crippen molar-refractivity contribution in [2.75, 3.05) is 0 Å². The van der Waals surface area contributed by atoms with Gasteiger partial charge in [0.2, 0.25) is 0 Å². The first-order chi connectivity index (χ1) is 24.8. The average Bonchev–Trinajstić information content (AvgIpc) is 3.77. The Morgan fingerprint density at radius 1 is 0.460 bits per heavy atom. The van der Waals surface area contributed by atoms with E-state index in [-0.39, 0.29) is 0 Å². The number of benzene rings is 7. The van der Waals surface area contributed by atoms with Gasteiger partial charge in [-0.15, -0.1) is 11.3 Å². The van der Waals surface area contributed by atoms with Crippen LogP contribution in [0.1, 0.15) is 0 Å². The number of thiophene rings is 1. The minimum Gasteiger partial charge on any atom is -0.452 e. The van der Waals surface area contributed by atoms with Gasteiger partial charge >= 0.3 is 0 Å². The Hall–Kier alpha value is -6.43. The normalized spacial score (nSPS) is 12.0. The predicted molar refractivity (Wildman–Crippen MR) is 208 cm³/mol. The Kier molecular flexibility index (Phi) is 5.80. The van der Waals surface area contributed by atoms with Gasteiger partial charge in [-0.25, -0.2) is 15.0 Å². The first-order valence-electron chi connectivity index (χ1n) is 16.7. The van der Waals surface area contributed by atoms with Crippen molar-refractivity contribution in [1.29, 1.82) is 0 Å². The fourth-order valence-corrected chi connectivity index (χ4v) is 8.88. The molecule has 0 saturated carbocycles. The molecule has 0 aliphatic heterocycles. The highest BCUT2D eigenvalue weighted by Gasteiger charge is 2.20. The molecule has 4 nitrogen and oxygen atoms in total. The van der Waals surface area contributed by atoms with Gasteiger partial charge in [-0.2, -0.15) is 0 Å². The minimum atomic E-state index is 0.647. The zero-order valence-corrected chi connectivity index (χ0v) is 27.4.